The zero-order valence-electron chi connectivity index (χ0n) is 10.5. The molecule has 3 nitrogen and oxygen atoms in total. The molecule has 0 bridgehead atoms. The molecule has 0 radical (unpaired) electrons. The number of halogens is 1. The molecule has 100 valence electrons. The summed E-state index contributed by atoms with van der Waals surface area (Å²) in [5.41, 5.74) is 7.16. The molecule has 0 aliphatic heterocycles. The first kappa shape index (κ1) is 15.0. The molecular formula is C14H21ClN2O. The van der Waals surface area contributed by atoms with Crippen LogP contribution in [0.3, 0.4) is 0 Å². The minimum absolute atomic E-state index is 0. The summed E-state index contributed by atoms with van der Waals surface area (Å²) in [7, 11) is 0. The number of benzene rings is 1. The van der Waals surface area contributed by atoms with Crippen molar-refractivity contribution in [1.29, 1.82) is 0 Å². The SMILES string of the molecule is Cl.NC1CCCC1C(=O)NCCc1ccccc1. The van der Waals surface area contributed by atoms with Crippen LogP contribution < -0.4 is 11.1 Å². The third-order valence-electron chi connectivity index (χ3n) is 3.46. The van der Waals surface area contributed by atoms with Crippen LogP contribution >= 0.6 is 12.4 Å². The van der Waals surface area contributed by atoms with Gasteiger partial charge < -0.3 is 11.1 Å². The molecule has 1 saturated carbocycles. The summed E-state index contributed by atoms with van der Waals surface area (Å²) in [6.07, 6.45) is 3.89. The summed E-state index contributed by atoms with van der Waals surface area (Å²) in [6.45, 7) is 0.700. The molecule has 2 atom stereocenters. The summed E-state index contributed by atoms with van der Waals surface area (Å²) in [5.74, 6) is 0.164. The third-order valence-corrected chi connectivity index (χ3v) is 3.46. The predicted octanol–water partition coefficient (Wildman–Crippen LogP) is 1.89. The van der Waals surface area contributed by atoms with Gasteiger partial charge in [0.15, 0.2) is 0 Å². The number of carbonyl (C=O) groups excluding carboxylic acids is 1. The molecule has 1 amide bonds. The Kier molecular flexibility index (Phi) is 6.16. The van der Waals surface area contributed by atoms with Crippen LogP contribution in [0.15, 0.2) is 30.3 Å². The van der Waals surface area contributed by atoms with E-state index in [-0.39, 0.29) is 30.3 Å². The van der Waals surface area contributed by atoms with Crippen LogP contribution in [0.2, 0.25) is 0 Å². The van der Waals surface area contributed by atoms with Gasteiger partial charge in [0.2, 0.25) is 5.91 Å². The Hall–Kier alpha value is -1.06. The second kappa shape index (κ2) is 7.39. The van der Waals surface area contributed by atoms with Crippen LogP contribution in [0.5, 0.6) is 0 Å². The quantitative estimate of drug-likeness (QED) is 0.876. The van der Waals surface area contributed by atoms with E-state index in [2.05, 4.69) is 17.4 Å². The van der Waals surface area contributed by atoms with Gasteiger partial charge in [0.05, 0.1) is 5.92 Å². The predicted molar refractivity (Wildman–Crippen MR) is 75.7 cm³/mol. The maximum absolute atomic E-state index is 11.9. The van der Waals surface area contributed by atoms with E-state index >= 15 is 0 Å². The maximum Gasteiger partial charge on any atom is 0.224 e. The molecule has 1 aromatic rings. The third kappa shape index (κ3) is 4.00. The summed E-state index contributed by atoms with van der Waals surface area (Å²) in [6, 6.07) is 10.3. The highest BCUT2D eigenvalue weighted by Crippen LogP contribution is 2.23. The molecule has 0 aromatic heterocycles. The smallest absolute Gasteiger partial charge is 0.224 e. The van der Waals surface area contributed by atoms with Gasteiger partial charge in [-0.3, -0.25) is 4.79 Å². The second-order valence-corrected chi connectivity index (χ2v) is 4.73. The fourth-order valence-corrected chi connectivity index (χ4v) is 2.42. The van der Waals surface area contributed by atoms with E-state index in [1.165, 1.54) is 5.56 Å². The lowest BCUT2D eigenvalue weighted by atomic mass is 10.0. The molecule has 2 unspecified atom stereocenters. The summed E-state index contributed by atoms with van der Waals surface area (Å²) >= 11 is 0. The first-order chi connectivity index (χ1) is 8.27. The van der Waals surface area contributed by atoms with Gasteiger partial charge in [0.25, 0.3) is 0 Å². The molecule has 4 heteroatoms. The Morgan fingerprint density at radius 3 is 2.61 bits per heavy atom. The van der Waals surface area contributed by atoms with Crippen molar-refractivity contribution in [1.82, 2.24) is 5.32 Å². The van der Waals surface area contributed by atoms with Crippen LogP contribution in [-0.4, -0.2) is 18.5 Å². The van der Waals surface area contributed by atoms with Crippen LogP contribution in [0.4, 0.5) is 0 Å². The van der Waals surface area contributed by atoms with Crippen LogP contribution in [0, 0.1) is 5.92 Å². The number of carbonyl (C=O) groups is 1. The number of hydrogen-bond acceptors (Lipinski definition) is 2. The monoisotopic (exact) mass is 268 g/mol. The number of rotatable bonds is 4. The van der Waals surface area contributed by atoms with Gasteiger partial charge in [0.1, 0.15) is 0 Å². The lowest BCUT2D eigenvalue weighted by Gasteiger charge is -2.15. The molecule has 1 aliphatic rings. The highest BCUT2D eigenvalue weighted by molar-refractivity contribution is 5.85. The molecule has 2 rings (SSSR count). The molecular weight excluding hydrogens is 248 g/mol. The Morgan fingerprint density at radius 1 is 1.28 bits per heavy atom. The van der Waals surface area contributed by atoms with E-state index < -0.39 is 0 Å². The van der Waals surface area contributed by atoms with Gasteiger partial charge in [-0.05, 0) is 24.8 Å². The highest BCUT2D eigenvalue weighted by atomic mass is 35.5. The molecule has 1 fully saturated rings. The standard InChI is InChI=1S/C14H20N2O.ClH/c15-13-8-4-7-12(13)14(17)16-10-9-11-5-2-1-3-6-11;/h1-3,5-6,12-13H,4,7-10,15H2,(H,16,17);1H. The van der Waals surface area contributed by atoms with Gasteiger partial charge in [-0.15, -0.1) is 12.4 Å². The number of nitrogens with one attached hydrogen (secondary N) is 1. The normalized spacial score (nSPS) is 22.3. The van der Waals surface area contributed by atoms with Crippen molar-refractivity contribution in [2.24, 2.45) is 11.7 Å². The van der Waals surface area contributed by atoms with Crippen LogP contribution in [0.25, 0.3) is 0 Å². The Balaban J connectivity index is 0.00000162. The van der Waals surface area contributed by atoms with Gasteiger partial charge in [-0.1, -0.05) is 36.8 Å². The van der Waals surface area contributed by atoms with E-state index in [9.17, 15) is 4.79 Å². The first-order valence-corrected chi connectivity index (χ1v) is 6.34. The summed E-state index contributed by atoms with van der Waals surface area (Å²) < 4.78 is 0. The zero-order chi connectivity index (χ0) is 12.1. The van der Waals surface area contributed by atoms with Gasteiger partial charge in [-0.25, -0.2) is 0 Å². The van der Waals surface area contributed by atoms with E-state index in [1.807, 2.05) is 18.2 Å². The lowest BCUT2D eigenvalue weighted by molar-refractivity contribution is -0.125. The van der Waals surface area contributed by atoms with E-state index in [0.29, 0.717) is 6.54 Å². The highest BCUT2D eigenvalue weighted by Gasteiger charge is 2.29. The van der Waals surface area contributed by atoms with Crippen molar-refractivity contribution in [3.63, 3.8) is 0 Å². The average molecular weight is 269 g/mol. The largest absolute Gasteiger partial charge is 0.355 e. The molecule has 1 aliphatic carbocycles. The van der Waals surface area contributed by atoms with E-state index in [4.69, 9.17) is 5.73 Å². The molecule has 18 heavy (non-hydrogen) atoms. The minimum atomic E-state index is 0. The first-order valence-electron chi connectivity index (χ1n) is 6.34. The number of amides is 1. The van der Waals surface area contributed by atoms with E-state index in [1.54, 1.807) is 0 Å². The van der Waals surface area contributed by atoms with Crippen molar-refractivity contribution in [2.45, 2.75) is 31.7 Å². The molecule has 0 saturated heterocycles. The Morgan fingerprint density at radius 2 is 2.00 bits per heavy atom. The van der Waals surface area contributed by atoms with E-state index in [0.717, 1.165) is 25.7 Å². The van der Waals surface area contributed by atoms with Crippen molar-refractivity contribution in [3.05, 3.63) is 35.9 Å². The number of nitrogens with two attached hydrogens (primary N) is 1. The minimum Gasteiger partial charge on any atom is -0.355 e. The van der Waals surface area contributed by atoms with Crippen molar-refractivity contribution >= 4 is 18.3 Å². The lowest BCUT2D eigenvalue weighted by Crippen LogP contribution is -2.39. The molecule has 0 spiro atoms. The van der Waals surface area contributed by atoms with Crippen LogP contribution in [0.1, 0.15) is 24.8 Å². The van der Waals surface area contributed by atoms with Crippen molar-refractivity contribution in [2.75, 3.05) is 6.54 Å². The maximum atomic E-state index is 11.9. The Bertz CT molecular complexity index is 369. The molecule has 0 heterocycles. The van der Waals surface area contributed by atoms with Crippen LogP contribution in [-0.2, 0) is 11.2 Å². The molecule has 1 aromatic carbocycles. The fourth-order valence-electron chi connectivity index (χ4n) is 2.42. The van der Waals surface area contributed by atoms with Crippen molar-refractivity contribution in [3.8, 4) is 0 Å². The average Bonchev–Trinajstić information content (AvgIpc) is 2.77. The summed E-state index contributed by atoms with van der Waals surface area (Å²) in [5, 5.41) is 2.98. The Labute approximate surface area is 115 Å². The number of hydrogen-bond donors (Lipinski definition) is 2. The van der Waals surface area contributed by atoms with Gasteiger partial charge in [-0.2, -0.15) is 0 Å². The van der Waals surface area contributed by atoms with Crippen molar-refractivity contribution < 1.29 is 4.79 Å². The van der Waals surface area contributed by atoms with Gasteiger partial charge >= 0.3 is 0 Å². The zero-order valence-corrected chi connectivity index (χ0v) is 11.3. The fraction of sp³-hybridized carbons (Fsp3) is 0.500. The topological polar surface area (TPSA) is 55.1 Å². The molecule has 3 N–H and O–H groups in total. The van der Waals surface area contributed by atoms with Gasteiger partial charge in [0, 0.05) is 12.6 Å². The summed E-state index contributed by atoms with van der Waals surface area (Å²) in [4.78, 5) is 11.9. The second-order valence-electron chi connectivity index (χ2n) is 4.73.